The van der Waals surface area contributed by atoms with Gasteiger partial charge in [-0.15, -0.1) is 0 Å². The number of hydrogen-bond donors (Lipinski definition) is 0. The van der Waals surface area contributed by atoms with Crippen molar-refractivity contribution in [3.05, 3.63) is 69.2 Å². The van der Waals surface area contributed by atoms with Gasteiger partial charge in [0.25, 0.3) is 0 Å². The van der Waals surface area contributed by atoms with Crippen molar-refractivity contribution in [2.75, 3.05) is 0 Å². The summed E-state index contributed by atoms with van der Waals surface area (Å²) in [6, 6.07) is 15.6. The third kappa shape index (κ3) is 8.85. The van der Waals surface area contributed by atoms with Gasteiger partial charge in [-0.2, -0.15) is 35.4 Å². The van der Waals surface area contributed by atoms with Gasteiger partial charge in [0, 0.05) is 4.47 Å². The molecule has 0 saturated heterocycles. The number of rotatable bonds is 0. The van der Waals surface area contributed by atoms with E-state index in [4.69, 9.17) is 0 Å². The molecular formula is C16H18Br2Mg. The summed E-state index contributed by atoms with van der Waals surface area (Å²) < 4.78 is 1.20. The topological polar surface area (TPSA) is 0 Å². The van der Waals surface area contributed by atoms with Crippen LogP contribution in [0, 0.1) is 33.8 Å². The Morgan fingerprint density at radius 2 is 1.47 bits per heavy atom. The summed E-state index contributed by atoms with van der Waals surface area (Å²) in [6.07, 6.45) is 0. The summed E-state index contributed by atoms with van der Waals surface area (Å²) in [5.74, 6) is 0. The largest absolute Gasteiger partial charge is 2.00 e. The molecule has 98 valence electrons. The van der Waals surface area contributed by atoms with Crippen LogP contribution in [0.2, 0.25) is 0 Å². The molecule has 2 rings (SSSR count). The zero-order valence-electron chi connectivity index (χ0n) is 11.9. The minimum Gasteiger partial charge on any atom is -1.00 e. The van der Waals surface area contributed by atoms with E-state index in [9.17, 15) is 0 Å². The average molecular weight is 394 g/mol. The summed E-state index contributed by atoms with van der Waals surface area (Å²) >= 11 is 3.45. The maximum atomic E-state index is 3.45. The summed E-state index contributed by atoms with van der Waals surface area (Å²) in [6.45, 7) is 8.28. The molecular weight excluding hydrogens is 376 g/mol. The molecule has 0 bridgehead atoms. The van der Waals surface area contributed by atoms with Gasteiger partial charge >= 0.3 is 23.1 Å². The quantitative estimate of drug-likeness (QED) is 0.472. The molecule has 2 aromatic rings. The fourth-order valence-corrected chi connectivity index (χ4v) is 1.77. The second kappa shape index (κ2) is 10.9. The van der Waals surface area contributed by atoms with E-state index in [1.165, 1.54) is 26.7 Å². The molecule has 0 aliphatic heterocycles. The normalized spacial score (nSPS) is 8.47. The summed E-state index contributed by atoms with van der Waals surface area (Å²) in [5, 5.41) is 0. The van der Waals surface area contributed by atoms with Crippen LogP contribution in [0.3, 0.4) is 0 Å². The zero-order chi connectivity index (χ0) is 12.8. The standard InChI is InChI=1S/C8H9Br.C8H9.BrH.Mg/c1-6-3-4-7(2)8(9)5-6;1-7-3-5-8(2)6-4-7;;/h3-5H,1-2H3;3-5H,1-2H3;1H;/q;-1;;+2/p-1. The second-order valence-corrected chi connectivity index (χ2v) is 5.16. The Kier molecular flexibility index (Phi) is 12.3. The monoisotopic (exact) mass is 392 g/mol. The van der Waals surface area contributed by atoms with Crippen LogP contribution in [0.1, 0.15) is 22.3 Å². The van der Waals surface area contributed by atoms with Crippen LogP contribution in [-0.4, -0.2) is 23.1 Å². The fourth-order valence-electron chi connectivity index (χ4n) is 1.28. The van der Waals surface area contributed by atoms with Crippen molar-refractivity contribution >= 4 is 39.0 Å². The van der Waals surface area contributed by atoms with Gasteiger partial charge in [-0.05, 0) is 31.0 Å². The molecule has 0 spiro atoms. The van der Waals surface area contributed by atoms with E-state index < -0.39 is 0 Å². The van der Waals surface area contributed by atoms with E-state index in [1.807, 2.05) is 13.0 Å². The maximum absolute atomic E-state index is 3.45. The Morgan fingerprint density at radius 1 is 0.895 bits per heavy atom. The molecule has 0 radical (unpaired) electrons. The molecule has 3 heteroatoms. The second-order valence-electron chi connectivity index (χ2n) is 4.30. The first-order valence-electron chi connectivity index (χ1n) is 5.67. The van der Waals surface area contributed by atoms with Gasteiger partial charge < -0.3 is 17.0 Å². The van der Waals surface area contributed by atoms with E-state index in [2.05, 4.69) is 73.1 Å². The predicted octanol–water partition coefficient (Wildman–Crippen LogP) is 1.79. The molecule has 0 N–H and O–H groups in total. The molecule has 0 aliphatic carbocycles. The number of halogens is 2. The van der Waals surface area contributed by atoms with Crippen molar-refractivity contribution in [3.63, 3.8) is 0 Å². The van der Waals surface area contributed by atoms with Crippen LogP contribution in [-0.2, 0) is 0 Å². The molecule has 0 atom stereocenters. The summed E-state index contributed by atoms with van der Waals surface area (Å²) in [5.41, 5.74) is 5.07. The van der Waals surface area contributed by atoms with Gasteiger partial charge in [0.2, 0.25) is 0 Å². The molecule has 0 unspecified atom stereocenters. The fraction of sp³-hybridized carbons (Fsp3) is 0.250. The van der Waals surface area contributed by atoms with E-state index in [0.717, 1.165) is 0 Å². The number of hydrogen-bond acceptors (Lipinski definition) is 0. The van der Waals surface area contributed by atoms with Gasteiger partial charge in [0.15, 0.2) is 0 Å². The van der Waals surface area contributed by atoms with Crippen LogP contribution in [0.25, 0.3) is 0 Å². The Morgan fingerprint density at radius 3 is 1.84 bits per heavy atom. The van der Waals surface area contributed by atoms with Gasteiger partial charge in [-0.25, -0.2) is 0 Å². The molecule has 0 nitrogen and oxygen atoms in total. The van der Waals surface area contributed by atoms with Crippen LogP contribution in [0.5, 0.6) is 0 Å². The molecule has 2 aromatic carbocycles. The first-order valence-corrected chi connectivity index (χ1v) is 6.46. The van der Waals surface area contributed by atoms with Gasteiger partial charge in [0.05, 0.1) is 0 Å². The van der Waals surface area contributed by atoms with E-state index >= 15 is 0 Å². The minimum atomic E-state index is 0. The van der Waals surface area contributed by atoms with Crippen molar-refractivity contribution < 1.29 is 17.0 Å². The number of aryl methyl sites for hydroxylation is 4. The Balaban J connectivity index is 0. The first kappa shape index (κ1) is 21.5. The summed E-state index contributed by atoms with van der Waals surface area (Å²) in [4.78, 5) is 0. The third-order valence-electron chi connectivity index (χ3n) is 2.45. The molecule has 19 heavy (non-hydrogen) atoms. The molecule has 0 saturated carbocycles. The molecule has 0 amide bonds. The van der Waals surface area contributed by atoms with Crippen molar-refractivity contribution in [1.82, 2.24) is 0 Å². The molecule has 0 fully saturated rings. The van der Waals surface area contributed by atoms with E-state index in [0.29, 0.717) is 0 Å². The maximum Gasteiger partial charge on any atom is 2.00 e. The molecule has 0 heterocycles. The van der Waals surface area contributed by atoms with Crippen molar-refractivity contribution in [1.29, 1.82) is 0 Å². The average Bonchev–Trinajstić information content (AvgIpc) is 2.29. The van der Waals surface area contributed by atoms with Crippen molar-refractivity contribution in [3.8, 4) is 0 Å². The van der Waals surface area contributed by atoms with Crippen LogP contribution >= 0.6 is 15.9 Å². The van der Waals surface area contributed by atoms with Crippen molar-refractivity contribution in [2.45, 2.75) is 27.7 Å². The van der Waals surface area contributed by atoms with Crippen LogP contribution in [0.4, 0.5) is 0 Å². The van der Waals surface area contributed by atoms with Crippen molar-refractivity contribution in [2.24, 2.45) is 0 Å². The van der Waals surface area contributed by atoms with Gasteiger partial charge in [0.1, 0.15) is 0 Å². The Hall–Kier alpha value is 0.166. The molecule has 0 aliphatic rings. The minimum absolute atomic E-state index is 0. The third-order valence-corrected chi connectivity index (χ3v) is 3.31. The van der Waals surface area contributed by atoms with E-state index in [1.54, 1.807) is 0 Å². The smallest absolute Gasteiger partial charge is 1.00 e. The Bertz CT molecular complexity index is 458. The molecule has 0 aromatic heterocycles. The van der Waals surface area contributed by atoms with E-state index in [-0.39, 0.29) is 40.0 Å². The SMILES string of the molecule is Cc1[c-]cc(C)cc1.Cc1ccc(C)c(Br)c1.[Br-].[Mg+2]. The Labute approximate surface area is 152 Å². The summed E-state index contributed by atoms with van der Waals surface area (Å²) in [7, 11) is 0. The van der Waals surface area contributed by atoms with Gasteiger partial charge in [-0.1, -0.05) is 41.9 Å². The zero-order valence-corrected chi connectivity index (χ0v) is 16.5. The first-order chi connectivity index (χ1) is 7.99. The number of benzene rings is 2. The predicted molar refractivity (Wildman–Crippen MR) is 84.1 cm³/mol. The van der Waals surface area contributed by atoms with Crippen LogP contribution < -0.4 is 17.0 Å². The van der Waals surface area contributed by atoms with Gasteiger partial charge in [-0.3, -0.25) is 0 Å². The van der Waals surface area contributed by atoms with Crippen LogP contribution in [0.15, 0.2) is 40.9 Å².